The van der Waals surface area contributed by atoms with Gasteiger partial charge in [-0.3, -0.25) is 4.18 Å². The molecular weight excluding hydrogens is 558 g/mol. The molecule has 1 aromatic carbocycles. The molecule has 0 amide bonds. The molecule has 0 heterocycles. The van der Waals surface area contributed by atoms with Crippen molar-refractivity contribution in [3.8, 4) is 0 Å². The average molecular weight is 609 g/mol. The molecular formula is C34H50F2O5S. The molecule has 0 aromatic heterocycles. The molecule has 2 N–H and O–H groups in total. The van der Waals surface area contributed by atoms with E-state index in [9.17, 15) is 27.4 Å². The lowest BCUT2D eigenvalue weighted by atomic mass is 9.46. The molecule has 236 valence electrons. The van der Waals surface area contributed by atoms with E-state index in [2.05, 4.69) is 26.8 Å². The number of halogens is 2. The maximum Gasteiger partial charge on any atom is 0.297 e. The summed E-state index contributed by atoms with van der Waals surface area (Å²) in [6.07, 6.45) is 6.68. The van der Waals surface area contributed by atoms with Crippen molar-refractivity contribution in [2.24, 2.45) is 40.4 Å². The Morgan fingerprint density at radius 1 is 1.10 bits per heavy atom. The second-order valence-corrected chi connectivity index (χ2v) is 16.7. The van der Waals surface area contributed by atoms with Crippen LogP contribution in [0.3, 0.4) is 0 Å². The van der Waals surface area contributed by atoms with E-state index in [-0.39, 0.29) is 35.0 Å². The standard InChI is InChI=1S/C34H50F2O5S/c1-21-7-10-25(11-8-21)42(39,40)41-30-20-24(37)19-23-9-12-26-28-14-13-27(22(2)15-18-34(35,36)31(3,4)38)32(28,5)17-16-29(26)33(23,30)6/h7-11,22,24,26-30,37-38H,12-20H2,1-6H3/t22-,24-,26+,27-,28+,29+,30+,32-,33+/m1/s1. The lowest BCUT2D eigenvalue weighted by molar-refractivity contribution is -0.168. The number of hydrogen-bond donors (Lipinski definition) is 2. The minimum atomic E-state index is -4.02. The molecule has 42 heavy (non-hydrogen) atoms. The fourth-order valence-electron chi connectivity index (χ4n) is 9.62. The molecule has 0 unspecified atom stereocenters. The highest BCUT2D eigenvalue weighted by atomic mass is 32.2. The van der Waals surface area contributed by atoms with Crippen LogP contribution in [0.15, 0.2) is 40.8 Å². The summed E-state index contributed by atoms with van der Waals surface area (Å²) in [7, 11) is -4.02. The highest BCUT2D eigenvalue weighted by Gasteiger charge is 2.62. The summed E-state index contributed by atoms with van der Waals surface area (Å²) in [6.45, 7) is 10.9. The summed E-state index contributed by atoms with van der Waals surface area (Å²) in [5.41, 5.74) is -0.417. The van der Waals surface area contributed by atoms with E-state index < -0.39 is 39.3 Å². The molecule has 0 aliphatic heterocycles. The van der Waals surface area contributed by atoms with Gasteiger partial charge in [-0.05, 0) is 113 Å². The number of hydrogen-bond acceptors (Lipinski definition) is 5. The fraction of sp³-hybridized carbons (Fsp3) is 0.765. The molecule has 0 spiro atoms. The van der Waals surface area contributed by atoms with Gasteiger partial charge in [-0.15, -0.1) is 0 Å². The molecule has 9 atom stereocenters. The van der Waals surface area contributed by atoms with Crippen LogP contribution >= 0.6 is 0 Å². The van der Waals surface area contributed by atoms with Crippen LogP contribution in [0.2, 0.25) is 0 Å². The Kier molecular flexibility index (Phi) is 8.33. The fourth-order valence-corrected chi connectivity index (χ4v) is 10.8. The summed E-state index contributed by atoms with van der Waals surface area (Å²) in [5, 5.41) is 20.8. The number of aliphatic hydroxyl groups is 2. The van der Waals surface area contributed by atoms with Crippen molar-refractivity contribution in [1.82, 2.24) is 0 Å². The summed E-state index contributed by atoms with van der Waals surface area (Å²) >= 11 is 0. The molecule has 5 nitrogen and oxygen atoms in total. The third kappa shape index (κ3) is 5.41. The Morgan fingerprint density at radius 3 is 2.40 bits per heavy atom. The van der Waals surface area contributed by atoms with Crippen LogP contribution in [0.25, 0.3) is 0 Å². The topological polar surface area (TPSA) is 83.8 Å². The second-order valence-electron chi connectivity index (χ2n) is 15.1. The summed E-state index contributed by atoms with van der Waals surface area (Å²) in [5.74, 6) is -1.66. The smallest absolute Gasteiger partial charge is 0.297 e. The molecule has 5 rings (SSSR count). The van der Waals surface area contributed by atoms with Crippen molar-refractivity contribution in [1.29, 1.82) is 0 Å². The zero-order valence-corrected chi connectivity index (χ0v) is 26.9. The van der Waals surface area contributed by atoms with Crippen LogP contribution in [0, 0.1) is 47.3 Å². The first kappa shape index (κ1) is 32.1. The van der Waals surface area contributed by atoms with Gasteiger partial charge in [0.05, 0.1) is 17.1 Å². The van der Waals surface area contributed by atoms with E-state index in [1.165, 1.54) is 13.8 Å². The highest BCUT2D eigenvalue weighted by molar-refractivity contribution is 7.86. The molecule has 1 aromatic rings. The Bertz CT molecular complexity index is 1290. The van der Waals surface area contributed by atoms with Crippen molar-refractivity contribution >= 4 is 10.1 Å². The van der Waals surface area contributed by atoms with Gasteiger partial charge in [0.15, 0.2) is 0 Å². The third-order valence-corrected chi connectivity index (χ3v) is 13.6. The molecule has 3 fully saturated rings. The number of benzene rings is 1. The van der Waals surface area contributed by atoms with Gasteiger partial charge in [-0.2, -0.15) is 8.42 Å². The Labute approximate surface area is 251 Å². The van der Waals surface area contributed by atoms with E-state index in [4.69, 9.17) is 4.18 Å². The van der Waals surface area contributed by atoms with E-state index in [1.54, 1.807) is 24.3 Å². The van der Waals surface area contributed by atoms with Crippen LogP contribution < -0.4 is 0 Å². The molecule has 8 heteroatoms. The Morgan fingerprint density at radius 2 is 1.76 bits per heavy atom. The van der Waals surface area contributed by atoms with Gasteiger partial charge in [0, 0.05) is 18.3 Å². The van der Waals surface area contributed by atoms with Gasteiger partial charge in [0.25, 0.3) is 16.0 Å². The SMILES string of the molecule is Cc1ccc(S(=O)(=O)O[C@H]2C[C@H](O)CC3=CC[C@H]4[C@@H]5CC[C@H]([C@H](C)CCC(F)(F)C(C)(C)O)[C@@]5(C)CC[C@@H]4[C@]32C)cc1. The number of aryl methyl sites for hydroxylation is 1. The minimum Gasteiger partial charge on any atom is -0.393 e. The number of rotatable bonds is 8. The van der Waals surface area contributed by atoms with E-state index in [0.717, 1.165) is 43.2 Å². The maximum atomic E-state index is 14.6. The lowest BCUT2D eigenvalue weighted by Crippen LogP contribution is -2.56. The molecule has 4 aliphatic rings. The number of aliphatic hydroxyl groups excluding tert-OH is 1. The van der Waals surface area contributed by atoms with E-state index >= 15 is 0 Å². The molecule has 3 saturated carbocycles. The quantitative estimate of drug-likeness (QED) is 0.237. The van der Waals surface area contributed by atoms with Gasteiger partial charge >= 0.3 is 0 Å². The van der Waals surface area contributed by atoms with Gasteiger partial charge in [-0.1, -0.05) is 50.1 Å². The van der Waals surface area contributed by atoms with Gasteiger partial charge in [-0.25, -0.2) is 8.78 Å². The monoisotopic (exact) mass is 608 g/mol. The van der Waals surface area contributed by atoms with Crippen LogP contribution in [-0.4, -0.2) is 42.4 Å². The van der Waals surface area contributed by atoms with Crippen molar-refractivity contribution < 1.29 is 31.6 Å². The largest absolute Gasteiger partial charge is 0.393 e. The van der Waals surface area contributed by atoms with Crippen molar-refractivity contribution in [3.05, 3.63) is 41.5 Å². The number of alkyl halides is 2. The first-order valence-electron chi connectivity index (χ1n) is 15.9. The highest BCUT2D eigenvalue weighted by Crippen LogP contribution is 2.67. The molecule has 0 radical (unpaired) electrons. The van der Waals surface area contributed by atoms with E-state index in [0.29, 0.717) is 30.6 Å². The zero-order chi connectivity index (χ0) is 30.9. The van der Waals surface area contributed by atoms with Gasteiger partial charge < -0.3 is 10.2 Å². The predicted molar refractivity (Wildman–Crippen MR) is 159 cm³/mol. The van der Waals surface area contributed by atoms with Crippen molar-refractivity contribution in [2.75, 3.05) is 0 Å². The maximum absolute atomic E-state index is 14.6. The Hall–Kier alpha value is -1.35. The summed E-state index contributed by atoms with van der Waals surface area (Å²) < 4.78 is 62.2. The van der Waals surface area contributed by atoms with E-state index in [1.807, 2.05) is 6.92 Å². The first-order valence-corrected chi connectivity index (χ1v) is 17.3. The molecule has 4 aliphatic carbocycles. The van der Waals surface area contributed by atoms with Crippen molar-refractivity contribution in [3.63, 3.8) is 0 Å². The summed E-state index contributed by atoms with van der Waals surface area (Å²) in [4.78, 5) is 0.133. The van der Waals surface area contributed by atoms with Crippen molar-refractivity contribution in [2.45, 2.75) is 128 Å². The average Bonchev–Trinajstić information content (AvgIpc) is 3.25. The second kappa shape index (κ2) is 10.9. The molecule has 0 saturated heterocycles. The Balaban J connectivity index is 1.38. The number of fused-ring (bicyclic) bond motifs is 5. The normalized spacial score (nSPS) is 37.8. The number of allylic oxidation sites excluding steroid dienone is 1. The van der Waals surface area contributed by atoms with Gasteiger partial charge in [0.2, 0.25) is 0 Å². The van der Waals surface area contributed by atoms with Crippen LogP contribution in [0.4, 0.5) is 8.78 Å². The minimum absolute atomic E-state index is 0.0326. The lowest BCUT2D eigenvalue weighted by Gasteiger charge is -2.60. The summed E-state index contributed by atoms with van der Waals surface area (Å²) in [6, 6.07) is 6.69. The third-order valence-electron chi connectivity index (χ3n) is 12.3. The molecule has 0 bridgehead atoms. The first-order chi connectivity index (χ1) is 19.4. The van der Waals surface area contributed by atoms with Crippen LogP contribution in [-0.2, 0) is 14.3 Å². The van der Waals surface area contributed by atoms with Crippen LogP contribution in [0.1, 0.15) is 98.0 Å². The predicted octanol–water partition coefficient (Wildman–Crippen LogP) is 7.44. The van der Waals surface area contributed by atoms with Gasteiger partial charge in [0.1, 0.15) is 5.60 Å². The zero-order valence-electron chi connectivity index (χ0n) is 26.1. The van der Waals surface area contributed by atoms with Crippen LogP contribution in [0.5, 0.6) is 0 Å².